The molecule has 0 bridgehead atoms. The van der Waals surface area contributed by atoms with Gasteiger partial charge in [0.05, 0.1) is 14.0 Å². The fourth-order valence-electron chi connectivity index (χ4n) is 2.73. The Morgan fingerprint density at radius 2 is 1.85 bits per heavy atom. The van der Waals surface area contributed by atoms with Crippen LogP contribution in [0.1, 0.15) is 52.9 Å². The summed E-state index contributed by atoms with van der Waals surface area (Å²) < 4.78 is 12.6. The van der Waals surface area contributed by atoms with Gasteiger partial charge in [-0.1, -0.05) is 33.9 Å². The fraction of sp³-hybridized carbons (Fsp3) is 1.00. The lowest BCUT2D eigenvalue weighted by molar-refractivity contribution is -0.0306. The van der Waals surface area contributed by atoms with E-state index in [0.29, 0.717) is 5.04 Å². The first kappa shape index (κ1) is 18.4. The van der Waals surface area contributed by atoms with Crippen LogP contribution in [0.15, 0.2) is 0 Å². The molecule has 0 aromatic rings. The topological polar surface area (TPSA) is 18.5 Å². The molecule has 1 heterocycles. The summed E-state index contributed by atoms with van der Waals surface area (Å²) in [7, 11) is -2.34. The first-order chi connectivity index (χ1) is 9.11. The summed E-state index contributed by atoms with van der Waals surface area (Å²) in [6.45, 7) is 18.4. The van der Waals surface area contributed by atoms with Crippen molar-refractivity contribution in [2.24, 2.45) is 0 Å². The summed E-state index contributed by atoms with van der Waals surface area (Å²) in [5, 5.41) is 0.577. The summed E-state index contributed by atoms with van der Waals surface area (Å²) in [5.41, 5.74) is 0. The zero-order valence-electron chi connectivity index (χ0n) is 14.8. The zero-order valence-corrected chi connectivity index (χ0v) is 17.0. The van der Waals surface area contributed by atoms with E-state index >= 15 is 0 Å². The second-order valence-electron chi connectivity index (χ2n) is 8.24. The van der Waals surface area contributed by atoms with Crippen LogP contribution >= 0.6 is 0 Å². The highest BCUT2D eigenvalue weighted by molar-refractivity contribution is 6.74. The van der Waals surface area contributed by atoms with Gasteiger partial charge in [0, 0.05) is 13.2 Å². The standard InChI is InChI=1S/C16H36O2Si2/c1-15(2,3)20(6,7)18-14-10-12-16(19(4)5)11-8-9-13-17-16/h19H,8-14H2,1-7H3. The Labute approximate surface area is 129 Å². The highest BCUT2D eigenvalue weighted by Crippen LogP contribution is 2.37. The monoisotopic (exact) mass is 316 g/mol. The molecule has 0 spiro atoms. The molecule has 1 rings (SSSR count). The zero-order chi connectivity index (χ0) is 15.4. The van der Waals surface area contributed by atoms with Crippen LogP contribution in [0.2, 0.25) is 31.2 Å². The molecule has 4 heteroatoms. The van der Waals surface area contributed by atoms with E-state index in [4.69, 9.17) is 9.16 Å². The molecular formula is C16H36O2Si2. The molecule has 20 heavy (non-hydrogen) atoms. The van der Waals surface area contributed by atoms with Crippen LogP contribution in [0, 0.1) is 0 Å². The summed E-state index contributed by atoms with van der Waals surface area (Å²) in [6.07, 6.45) is 6.28. The second kappa shape index (κ2) is 7.08. The number of hydrogen-bond donors (Lipinski definition) is 0. The van der Waals surface area contributed by atoms with Crippen molar-refractivity contribution in [3.05, 3.63) is 0 Å². The summed E-state index contributed by atoms with van der Waals surface area (Å²) in [5.74, 6) is 0. The molecule has 1 aliphatic heterocycles. The van der Waals surface area contributed by atoms with Gasteiger partial charge >= 0.3 is 0 Å². The van der Waals surface area contributed by atoms with E-state index in [2.05, 4.69) is 47.0 Å². The first-order valence-electron chi connectivity index (χ1n) is 8.39. The Kier molecular flexibility index (Phi) is 6.51. The lowest BCUT2D eigenvalue weighted by Crippen LogP contribution is -2.48. The van der Waals surface area contributed by atoms with E-state index in [0.717, 1.165) is 19.6 Å². The Morgan fingerprint density at radius 3 is 2.30 bits per heavy atom. The van der Waals surface area contributed by atoms with E-state index in [-0.39, 0.29) is 5.22 Å². The normalized spacial score (nSPS) is 25.2. The van der Waals surface area contributed by atoms with Crippen molar-refractivity contribution < 1.29 is 9.16 Å². The minimum atomic E-state index is -1.57. The van der Waals surface area contributed by atoms with Crippen LogP contribution in [-0.4, -0.2) is 35.6 Å². The van der Waals surface area contributed by atoms with Gasteiger partial charge in [0.15, 0.2) is 8.32 Å². The smallest absolute Gasteiger partial charge is 0.191 e. The predicted molar refractivity (Wildman–Crippen MR) is 93.8 cm³/mol. The average molecular weight is 317 g/mol. The molecular weight excluding hydrogens is 280 g/mol. The molecule has 1 unspecified atom stereocenters. The summed E-state index contributed by atoms with van der Waals surface area (Å²) in [4.78, 5) is 0. The van der Waals surface area contributed by atoms with Crippen molar-refractivity contribution >= 4 is 17.1 Å². The van der Waals surface area contributed by atoms with Gasteiger partial charge in [-0.25, -0.2) is 0 Å². The molecule has 0 saturated carbocycles. The van der Waals surface area contributed by atoms with Crippen molar-refractivity contribution in [3.63, 3.8) is 0 Å². The van der Waals surface area contributed by atoms with E-state index in [9.17, 15) is 0 Å². The molecule has 1 aliphatic rings. The van der Waals surface area contributed by atoms with Crippen LogP contribution in [0.25, 0.3) is 0 Å². The molecule has 1 saturated heterocycles. The average Bonchev–Trinajstić information content (AvgIpc) is 2.34. The number of hydrogen-bond acceptors (Lipinski definition) is 2. The second-order valence-corrected chi connectivity index (χ2v) is 16.4. The maximum atomic E-state index is 6.31. The van der Waals surface area contributed by atoms with E-state index in [1.807, 2.05) is 0 Å². The molecule has 2 nitrogen and oxygen atoms in total. The highest BCUT2D eigenvalue weighted by Gasteiger charge is 2.38. The Hall–Kier alpha value is 0.354. The van der Waals surface area contributed by atoms with E-state index < -0.39 is 17.1 Å². The van der Waals surface area contributed by atoms with Crippen molar-refractivity contribution in [1.82, 2.24) is 0 Å². The van der Waals surface area contributed by atoms with Gasteiger partial charge in [0.1, 0.15) is 0 Å². The lowest BCUT2D eigenvalue weighted by atomic mass is 10.0. The number of ether oxygens (including phenoxy) is 1. The first-order valence-corrected chi connectivity index (χ1v) is 14.2. The summed E-state index contributed by atoms with van der Waals surface area (Å²) >= 11 is 0. The lowest BCUT2D eigenvalue weighted by Gasteiger charge is -2.41. The van der Waals surface area contributed by atoms with Gasteiger partial charge < -0.3 is 9.16 Å². The minimum absolute atomic E-state index is 0.259. The molecule has 0 aromatic carbocycles. The summed E-state index contributed by atoms with van der Waals surface area (Å²) in [6, 6.07) is 0. The maximum absolute atomic E-state index is 6.31. The molecule has 0 radical (unpaired) electrons. The van der Waals surface area contributed by atoms with Gasteiger partial charge in [-0.3, -0.25) is 0 Å². The van der Waals surface area contributed by atoms with Crippen molar-refractivity contribution in [1.29, 1.82) is 0 Å². The van der Waals surface area contributed by atoms with Crippen molar-refractivity contribution in [2.75, 3.05) is 13.2 Å². The van der Waals surface area contributed by atoms with E-state index in [1.165, 1.54) is 25.7 Å². The van der Waals surface area contributed by atoms with Gasteiger partial charge in [-0.2, -0.15) is 0 Å². The molecule has 1 atom stereocenters. The quantitative estimate of drug-likeness (QED) is 0.520. The van der Waals surface area contributed by atoms with Gasteiger partial charge in [-0.05, 0) is 50.2 Å². The Bertz CT molecular complexity index is 289. The third-order valence-corrected chi connectivity index (χ3v) is 12.8. The molecule has 0 aromatic heterocycles. The maximum Gasteiger partial charge on any atom is 0.191 e. The SMILES string of the molecule is C[SiH](C)C1(CCCO[Si](C)(C)C(C)(C)C)CCCCO1. The minimum Gasteiger partial charge on any atom is -0.417 e. The Morgan fingerprint density at radius 1 is 1.20 bits per heavy atom. The van der Waals surface area contributed by atoms with Gasteiger partial charge in [-0.15, -0.1) is 0 Å². The van der Waals surface area contributed by atoms with Crippen molar-refractivity contribution in [3.8, 4) is 0 Å². The van der Waals surface area contributed by atoms with Gasteiger partial charge in [0.25, 0.3) is 0 Å². The molecule has 120 valence electrons. The Balaban J connectivity index is 2.42. The van der Waals surface area contributed by atoms with Crippen molar-refractivity contribution in [2.45, 2.75) is 89.3 Å². The predicted octanol–water partition coefficient (Wildman–Crippen LogP) is 4.75. The number of rotatable bonds is 6. The molecule has 0 amide bonds. The fourth-order valence-corrected chi connectivity index (χ4v) is 5.83. The highest BCUT2D eigenvalue weighted by atomic mass is 28.4. The largest absolute Gasteiger partial charge is 0.417 e. The van der Waals surface area contributed by atoms with E-state index in [1.54, 1.807) is 0 Å². The van der Waals surface area contributed by atoms with Crippen LogP contribution in [0.3, 0.4) is 0 Å². The third kappa shape index (κ3) is 4.68. The van der Waals surface area contributed by atoms with Crippen LogP contribution in [0.5, 0.6) is 0 Å². The molecule has 0 N–H and O–H groups in total. The third-order valence-electron chi connectivity index (χ3n) is 5.45. The molecule has 0 aliphatic carbocycles. The van der Waals surface area contributed by atoms with Crippen LogP contribution in [0.4, 0.5) is 0 Å². The van der Waals surface area contributed by atoms with Gasteiger partial charge in [0.2, 0.25) is 0 Å². The van der Waals surface area contributed by atoms with Crippen LogP contribution in [-0.2, 0) is 9.16 Å². The van der Waals surface area contributed by atoms with Crippen LogP contribution < -0.4 is 0 Å². The molecule has 1 fully saturated rings.